The van der Waals surface area contributed by atoms with Gasteiger partial charge in [-0.15, -0.1) is 13.2 Å². The molecule has 54 heavy (non-hydrogen) atoms. The third-order valence-corrected chi connectivity index (χ3v) is 10.8. The Hall–Kier alpha value is -4.57. The lowest BCUT2D eigenvalue weighted by atomic mass is 9.99. The normalized spacial score (nSPS) is 18.4. The SMILES string of the molecule is CC(C)(CCOC(C)(C)CCNC(=O)CCCCC1SCC2NC(=O)NC21)NC(=O)c1cccc(-c2cc(Nc3ccc(OC(F)(F)F)cc3)ncn2)c1. The smallest absolute Gasteiger partial charge is 0.406 e. The maximum atomic E-state index is 13.3. The first-order valence-corrected chi connectivity index (χ1v) is 19.1. The first-order chi connectivity index (χ1) is 25.5. The minimum absolute atomic E-state index is 0.0236. The largest absolute Gasteiger partial charge is 0.573 e. The number of hydrogen-bond acceptors (Lipinski definition) is 9. The minimum atomic E-state index is -4.77. The van der Waals surface area contributed by atoms with Crippen LogP contribution in [0.25, 0.3) is 11.3 Å². The van der Waals surface area contributed by atoms with E-state index in [1.54, 1.807) is 24.3 Å². The van der Waals surface area contributed by atoms with E-state index in [9.17, 15) is 27.6 Å². The van der Waals surface area contributed by atoms with E-state index in [1.165, 1.54) is 30.6 Å². The molecule has 0 bridgehead atoms. The molecule has 1 aromatic heterocycles. The maximum Gasteiger partial charge on any atom is 0.573 e. The first kappa shape index (κ1) is 40.6. The lowest BCUT2D eigenvalue weighted by Gasteiger charge is -2.30. The van der Waals surface area contributed by atoms with Gasteiger partial charge in [-0.1, -0.05) is 18.6 Å². The summed E-state index contributed by atoms with van der Waals surface area (Å²) in [5.74, 6) is 0.775. The molecule has 5 rings (SSSR count). The van der Waals surface area contributed by atoms with Gasteiger partial charge in [0.25, 0.3) is 5.91 Å². The number of alkyl halides is 3. The highest BCUT2D eigenvalue weighted by molar-refractivity contribution is 8.00. The second-order valence-corrected chi connectivity index (χ2v) is 16.0. The van der Waals surface area contributed by atoms with Gasteiger partial charge in [0.15, 0.2) is 0 Å². The summed E-state index contributed by atoms with van der Waals surface area (Å²) in [6.45, 7) is 8.73. The fraction of sp³-hybridized carbons (Fsp3) is 0.500. The minimum Gasteiger partial charge on any atom is -0.406 e. The van der Waals surface area contributed by atoms with Gasteiger partial charge in [0.05, 0.1) is 23.4 Å². The molecule has 2 aliphatic rings. The number of hydrogen-bond donors (Lipinski definition) is 5. The molecule has 0 saturated carbocycles. The average Bonchev–Trinajstić information content (AvgIpc) is 3.65. The molecular weight excluding hydrogens is 724 g/mol. The molecule has 12 nitrogen and oxygen atoms in total. The summed E-state index contributed by atoms with van der Waals surface area (Å²) < 4.78 is 47.5. The van der Waals surface area contributed by atoms with Crippen LogP contribution in [-0.2, 0) is 9.53 Å². The highest BCUT2D eigenvalue weighted by Gasteiger charge is 2.42. The molecule has 3 heterocycles. The van der Waals surface area contributed by atoms with Crippen LogP contribution >= 0.6 is 11.8 Å². The van der Waals surface area contributed by atoms with E-state index in [4.69, 9.17) is 4.74 Å². The molecule has 0 radical (unpaired) electrons. The molecule has 4 amide bonds. The second-order valence-electron chi connectivity index (χ2n) is 14.7. The predicted octanol–water partition coefficient (Wildman–Crippen LogP) is 6.71. The van der Waals surface area contributed by atoms with Crippen LogP contribution in [0.2, 0.25) is 0 Å². The molecule has 292 valence electrons. The van der Waals surface area contributed by atoms with Gasteiger partial charge in [-0.3, -0.25) is 9.59 Å². The zero-order chi connectivity index (χ0) is 38.9. The molecule has 3 aromatic rings. The number of ether oxygens (including phenoxy) is 2. The van der Waals surface area contributed by atoms with Crippen molar-refractivity contribution in [1.82, 2.24) is 31.2 Å². The predicted molar refractivity (Wildman–Crippen MR) is 202 cm³/mol. The van der Waals surface area contributed by atoms with Crippen LogP contribution in [0.4, 0.5) is 29.5 Å². The van der Waals surface area contributed by atoms with Crippen molar-refractivity contribution in [1.29, 1.82) is 0 Å². The highest BCUT2D eigenvalue weighted by atomic mass is 32.2. The van der Waals surface area contributed by atoms with Crippen LogP contribution in [0.1, 0.15) is 76.6 Å². The number of nitrogens with zero attached hydrogens (tertiary/aromatic N) is 2. The van der Waals surface area contributed by atoms with Crippen molar-refractivity contribution in [2.75, 3.05) is 24.2 Å². The van der Waals surface area contributed by atoms with Crippen molar-refractivity contribution >= 4 is 41.1 Å². The zero-order valence-electron chi connectivity index (χ0n) is 30.8. The topological polar surface area (TPSA) is 156 Å². The van der Waals surface area contributed by atoms with Crippen molar-refractivity contribution in [2.24, 2.45) is 0 Å². The first-order valence-electron chi connectivity index (χ1n) is 18.0. The van der Waals surface area contributed by atoms with Crippen LogP contribution in [0.3, 0.4) is 0 Å². The number of rotatable bonds is 18. The molecule has 16 heteroatoms. The summed E-state index contributed by atoms with van der Waals surface area (Å²) in [5, 5.41) is 15.5. The number of thioether (sulfide) groups is 1. The molecule has 2 aromatic carbocycles. The number of urea groups is 1. The van der Waals surface area contributed by atoms with Gasteiger partial charge in [-0.05, 0) is 89.8 Å². The highest BCUT2D eigenvalue weighted by Crippen LogP contribution is 2.33. The fourth-order valence-electron chi connectivity index (χ4n) is 6.25. The van der Waals surface area contributed by atoms with Crippen molar-refractivity contribution in [3.8, 4) is 17.0 Å². The molecule has 2 fully saturated rings. The summed E-state index contributed by atoms with van der Waals surface area (Å²) in [4.78, 5) is 45.8. The number of carbonyl (C=O) groups is 3. The van der Waals surface area contributed by atoms with Gasteiger partial charge in [0.1, 0.15) is 17.9 Å². The summed E-state index contributed by atoms with van der Waals surface area (Å²) in [6, 6.07) is 14.3. The molecule has 0 spiro atoms. The number of anilines is 2. The van der Waals surface area contributed by atoms with E-state index in [0.717, 1.165) is 25.0 Å². The third-order valence-electron chi connectivity index (χ3n) is 9.25. The van der Waals surface area contributed by atoms with Gasteiger partial charge in [-0.25, -0.2) is 14.8 Å². The number of aromatic nitrogens is 2. The number of carbonyl (C=O) groups excluding carboxylic acids is 3. The molecule has 0 aliphatic carbocycles. The Bertz CT molecular complexity index is 1760. The Morgan fingerprint density at radius 3 is 2.52 bits per heavy atom. The second kappa shape index (κ2) is 17.7. The van der Waals surface area contributed by atoms with Crippen molar-refractivity contribution in [3.05, 3.63) is 66.5 Å². The Morgan fingerprint density at radius 1 is 0.981 bits per heavy atom. The molecule has 3 unspecified atom stereocenters. The van der Waals surface area contributed by atoms with E-state index in [0.29, 0.717) is 66.0 Å². The van der Waals surface area contributed by atoms with E-state index in [2.05, 4.69) is 41.3 Å². The summed E-state index contributed by atoms with van der Waals surface area (Å²) in [6.07, 6.45) is 0.959. The molecule has 3 atom stereocenters. The number of nitrogens with one attached hydrogen (secondary N) is 5. The Morgan fingerprint density at radius 2 is 1.76 bits per heavy atom. The van der Waals surface area contributed by atoms with Crippen molar-refractivity contribution in [3.63, 3.8) is 0 Å². The van der Waals surface area contributed by atoms with Gasteiger partial charge in [-0.2, -0.15) is 11.8 Å². The zero-order valence-corrected chi connectivity index (χ0v) is 31.7. The number of amides is 4. The van der Waals surface area contributed by atoms with E-state index in [-0.39, 0.29) is 35.7 Å². The quantitative estimate of drug-likeness (QED) is 0.0701. The van der Waals surface area contributed by atoms with Gasteiger partial charge in [0, 0.05) is 59.0 Å². The van der Waals surface area contributed by atoms with Crippen LogP contribution in [0, 0.1) is 0 Å². The lowest BCUT2D eigenvalue weighted by molar-refractivity contribution is -0.274. The maximum absolute atomic E-state index is 13.3. The average molecular weight is 772 g/mol. The summed E-state index contributed by atoms with van der Waals surface area (Å²) in [5.41, 5.74) is 1.10. The number of unbranched alkanes of at least 4 members (excludes halogenated alkanes) is 1. The van der Waals surface area contributed by atoms with Crippen molar-refractivity contribution in [2.45, 2.75) is 101 Å². The van der Waals surface area contributed by atoms with Gasteiger partial charge >= 0.3 is 12.4 Å². The number of halogens is 3. The molecule has 2 aliphatic heterocycles. The number of fused-ring (bicyclic) bond motifs is 1. The Balaban J connectivity index is 1.01. The third kappa shape index (κ3) is 12.5. The van der Waals surface area contributed by atoms with E-state index >= 15 is 0 Å². The van der Waals surface area contributed by atoms with Crippen LogP contribution in [0.15, 0.2) is 60.9 Å². The van der Waals surface area contributed by atoms with Crippen LogP contribution < -0.4 is 31.3 Å². The van der Waals surface area contributed by atoms with Crippen LogP contribution in [0.5, 0.6) is 5.75 Å². The Kier molecular flexibility index (Phi) is 13.3. The van der Waals surface area contributed by atoms with Gasteiger partial charge < -0.3 is 36.1 Å². The van der Waals surface area contributed by atoms with Crippen molar-refractivity contribution < 1.29 is 37.0 Å². The lowest BCUT2D eigenvalue weighted by Crippen LogP contribution is -2.45. The summed E-state index contributed by atoms with van der Waals surface area (Å²) >= 11 is 1.88. The van der Waals surface area contributed by atoms with E-state index < -0.39 is 17.5 Å². The monoisotopic (exact) mass is 771 g/mol. The van der Waals surface area contributed by atoms with Gasteiger partial charge in [0.2, 0.25) is 5.91 Å². The Labute approximate surface area is 317 Å². The molecular formula is C38H48F3N7O5S. The van der Waals surface area contributed by atoms with Crippen LogP contribution in [-0.4, -0.2) is 81.6 Å². The molecule has 2 saturated heterocycles. The number of benzene rings is 2. The summed E-state index contributed by atoms with van der Waals surface area (Å²) in [7, 11) is 0. The van der Waals surface area contributed by atoms with E-state index in [1.807, 2.05) is 45.5 Å². The molecule has 5 N–H and O–H groups in total. The fourth-order valence-corrected chi connectivity index (χ4v) is 7.80. The standard InChI is InChI=1S/C38H48F3N7O5S/c1-36(2,17-19-52-37(3,4)16-18-42-32(49)11-6-5-10-30-33-29(22-54-30)46-35(51)47-33)48-34(50)25-9-7-8-24(20-25)28-21-31(44-23-43-28)45-26-12-14-27(15-13-26)53-38(39,40)41/h7-9,12-15,20-21,23,29-30,33H,5-6,10-11,16-19,22H2,1-4H3,(H,42,49)(H,48,50)(H,43,44,45)(H2,46,47,51).